The summed E-state index contributed by atoms with van der Waals surface area (Å²) in [6, 6.07) is 14.3. The van der Waals surface area contributed by atoms with Gasteiger partial charge in [0.1, 0.15) is 17.7 Å². The lowest BCUT2D eigenvalue weighted by Gasteiger charge is -2.10. The minimum absolute atomic E-state index is 0.825. The number of ether oxygens (including phenoxy) is 1. The summed E-state index contributed by atoms with van der Waals surface area (Å²) >= 11 is 0. The minimum Gasteiger partial charge on any atom is -0.497 e. The molecule has 0 aliphatic carbocycles. The molecule has 1 N–H and O–H groups in total. The first-order valence-corrected chi connectivity index (χ1v) is 6.72. The van der Waals surface area contributed by atoms with Gasteiger partial charge in [0.2, 0.25) is 0 Å². The zero-order valence-electron chi connectivity index (χ0n) is 11.5. The Kier molecular flexibility index (Phi) is 2.60. The fourth-order valence-electron chi connectivity index (χ4n) is 2.68. The molecule has 0 aliphatic rings. The maximum Gasteiger partial charge on any atom is 0.141 e. The zero-order chi connectivity index (χ0) is 14.2. The summed E-state index contributed by atoms with van der Waals surface area (Å²) in [5.41, 5.74) is 2.81. The average molecular weight is 275 g/mol. The number of fused-ring (bicyclic) bond motifs is 2. The molecule has 4 rings (SSSR count). The van der Waals surface area contributed by atoms with Crippen LogP contribution in [0.15, 0.2) is 55.0 Å². The second kappa shape index (κ2) is 4.59. The Morgan fingerprint density at radius 2 is 1.90 bits per heavy atom. The Balaban J connectivity index is 2.12. The third-order valence-electron chi connectivity index (χ3n) is 3.68. The van der Waals surface area contributed by atoms with Crippen LogP contribution in [-0.2, 0) is 0 Å². The van der Waals surface area contributed by atoms with Gasteiger partial charge >= 0.3 is 0 Å². The van der Waals surface area contributed by atoms with E-state index in [2.05, 4.69) is 27.1 Å². The topological polar surface area (TPSA) is 50.8 Å². The van der Waals surface area contributed by atoms with Crippen molar-refractivity contribution in [1.82, 2.24) is 15.0 Å². The van der Waals surface area contributed by atoms with Gasteiger partial charge in [-0.25, -0.2) is 9.97 Å². The van der Waals surface area contributed by atoms with Gasteiger partial charge in [-0.2, -0.15) is 0 Å². The molecule has 0 amide bonds. The summed E-state index contributed by atoms with van der Waals surface area (Å²) < 4.78 is 5.43. The highest BCUT2D eigenvalue weighted by Gasteiger charge is 2.12. The molecule has 0 radical (unpaired) electrons. The van der Waals surface area contributed by atoms with E-state index in [1.165, 1.54) is 0 Å². The van der Waals surface area contributed by atoms with Gasteiger partial charge in [0.05, 0.1) is 12.8 Å². The number of nitrogens with one attached hydrogen (secondary N) is 1. The maximum atomic E-state index is 5.43. The van der Waals surface area contributed by atoms with E-state index in [4.69, 9.17) is 4.74 Å². The van der Waals surface area contributed by atoms with Gasteiger partial charge in [-0.3, -0.25) is 0 Å². The molecule has 0 saturated carbocycles. The van der Waals surface area contributed by atoms with Crippen LogP contribution in [0.2, 0.25) is 0 Å². The van der Waals surface area contributed by atoms with Gasteiger partial charge in [0, 0.05) is 17.1 Å². The van der Waals surface area contributed by atoms with Gasteiger partial charge < -0.3 is 9.72 Å². The Morgan fingerprint density at radius 3 is 2.81 bits per heavy atom. The molecule has 4 nitrogen and oxygen atoms in total. The molecule has 0 unspecified atom stereocenters. The lowest BCUT2D eigenvalue weighted by molar-refractivity contribution is 0.415. The van der Waals surface area contributed by atoms with Gasteiger partial charge in [-0.1, -0.05) is 24.3 Å². The van der Waals surface area contributed by atoms with Crippen LogP contribution < -0.4 is 4.74 Å². The highest BCUT2D eigenvalue weighted by Crippen LogP contribution is 2.34. The van der Waals surface area contributed by atoms with Crippen molar-refractivity contribution < 1.29 is 4.74 Å². The molecule has 0 fully saturated rings. The van der Waals surface area contributed by atoms with Crippen LogP contribution in [0.5, 0.6) is 5.75 Å². The van der Waals surface area contributed by atoms with Crippen LogP contribution in [0.3, 0.4) is 0 Å². The Hall–Kier alpha value is -2.88. The molecule has 0 spiro atoms. The predicted molar refractivity (Wildman–Crippen MR) is 83.4 cm³/mol. The van der Waals surface area contributed by atoms with Crippen LogP contribution in [0.25, 0.3) is 33.1 Å². The van der Waals surface area contributed by atoms with E-state index in [9.17, 15) is 0 Å². The van der Waals surface area contributed by atoms with Crippen molar-refractivity contribution in [3.63, 3.8) is 0 Å². The van der Waals surface area contributed by atoms with Crippen LogP contribution in [0.4, 0.5) is 0 Å². The van der Waals surface area contributed by atoms with E-state index in [0.29, 0.717) is 0 Å². The van der Waals surface area contributed by atoms with Gasteiger partial charge in [0.15, 0.2) is 0 Å². The third-order valence-corrected chi connectivity index (χ3v) is 3.68. The summed E-state index contributed by atoms with van der Waals surface area (Å²) in [5.74, 6) is 0.825. The van der Waals surface area contributed by atoms with Crippen LogP contribution >= 0.6 is 0 Å². The quantitative estimate of drug-likeness (QED) is 0.605. The largest absolute Gasteiger partial charge is 0.497 e. The highest BCUT2D eigenvalue weighted by atomic mass is 16.5. The fourth-order valence-corrected chi connectivity index (χ4v) is 2.68. The van der Waals surface area contributed by atoms with E-state index in [1.54, 1.807) is 13.4 Å². The Labute approximate surface area is 121 Å². The van der Waals surface area contributed by atoms with E-state index < -0.39 is 0 Å². The monoisotopic (exact) mass is 275 g/mol. The summed E-state index contributed by atoms with van der Waals surface area (Å²) in [6.07, 6.45) is 3.47. The second-order valence-corrected chi connectivity index (χ2v) is 4.86. The van der Waals surface area contributed by atoms with E-state index in [-0.39, 0.29) is 0 Å². The highest BCUT2D eigenvalue weighted by molar-refractivity contribution is 6.03. The summed E-state index contributed by atoms with van der Waals surface area (Å²) in [4.78, 5) is 11.9. The summed E-state index contributed by atoms with van der Waals surface area (Å²) in [6.45, 7) is 0. The summed E-state index contributed by atoms with van der Waals surface area (Å²) in [5, 5.41) is 3.30. The van der Waals surface area contributed by atoms with E-state index >= 15 is 0 Å². The van der Waals surface area contributed by atoms with Crippen molar-refractivity contribution in [2.45, 2.75) is 0 Å². The van der Waals surface area contributed by atoms with Crippen LogP contribution in [-0.4, -0.2) is 22.1 Å². The normalized spacial score (nSPS) is 11.1. The molecule has 0 saturated heterocycles. The standard InChI is InChI=1S/C17H13N3O/c1-21-12-8-11-4-2-3-5-13(11)15(9-12)16-14-6-7-18-17(14)20-10-19-16/h2-10H,1H3,(H,18,19,20). The molecule has 0 bridgehead atoms. The van der Waals surface area contributed by atoms with Crippen molar-refractivity contribution in [1.29, 1.82) is 0 Å². The number of aromatic amines is 1. The molecule has 102 valence electrons. The Bertz CT molecular complexity index is 943. The van der Waals surface area contributed by atoms with Crippen molar-refractivity contribution in [2.24, 2.45) is 0 Å². The number of rotatable bonds is 2. The molecule has 2 aromatic carbocycles. The molecule has 4 aromatic rings. The number of hydrogen-bond acceptors (Lipinski definition) is 3. The average Bonchev–Trinajstić information content (AvgIpc) is 3.02. The molecule has 0 aliphatic heterocycles. The lowest BCUT2D eigenvalue weighted by atomic mass is 10.00. The first-order chi connectivity index (χ1) is 10.4. The molecule has 2 aromatic heterocycles. The molecular formula is C17H13N3O. The summed E-state index contributed by atoms with van der Waals surface area (Å²) in [7, 11) is 1.68. The Morgan fingerprint density at radius 1 is 1.00 bits per heavy atom. The maximum absolute atomic E-state index is 5.43. The predicted octanol–water partition coefficient (Wildman–Crippen LogP) is 3.79. The third kappa shape index (κ3) is 1.84. The van der Waals surface area contributed by atoms with E-state index in [0.717, 1.165) is 38.8 Å². The molecule has 0 atom stereocenters. The molecule has 21 heavy (non-hydrogen) atoms. The van der Waals surface area contributed by atoms with Crippen molar-refractivity contribution >= 4 is 21.8 Å². The van der Waals surface area contributed by atoms with Gasteiger partial charge in [-0.15, -0.1) is 0 Å². The van der Waals surface area contributed by atoms with Crippen LogP contribution in [0.1, 0.15) is 0 Å². The van der Waals surface area contributed by atoms with Crippen molar-refractivity contribution in [2.75, 3.05) is 7.11 Å². The van der Waals surface area contributed by atoms with Gasteiger partial charge in [-0.05, 0) is 29.0 Å². The van der Waals surface area contributed by atoms with Crippen molar-refractivity contribution in [3.05, 3.63) is 55.0 Å². The smallest absolute Gasteiger partial charge is 0.141 e. The zero-order valence-corrected chi connectivity index (χ0v) is 11.5. The van der Waals surface area contributed by atoms with E-state index in [1.807, 2.05) is 36.5 Å². The fraction of sp³-hybridized carbons (Fsp3) is 0.0588. The lowest BCUT2D eigenvalue weighted by Crippen LogP contribution is -1.91. The second-order valence-electron chi connectivity index (χ2n) is 4.86. The number of H-pyrrole nitrogens is 1. The first-order valence-electron chi connectivity index (χ1n) is 6.72. The SMILES string of the molecule is COc1cc(-c2ncnc3[nH]ccc23)c2ccccc2c1. The number of methoxy groups -OCH3 is 1. The van der Waals surface area contributed by atoms with Gasteiger partial charge in [0.25, 0.3) is 0 Å². The van der Waals surface area contributed by atoms with Crippen LogP contribution in [0, 0.1) is 0 Å². The molecule has 4 heteroatoms. The molecule has 2 heterocycles. The first kappa shape index (κ1) is 11.9. The number of benzene rings is 2. The molecular weight excluding hydrogens is 262 g/mol. The number of nitrogens with zero attached hydrogens (tertiary/aromatic N) is 2. The number of hydrogen-bond donors (Lipinski definition) is 1. The van der Waals surface area contributed by atoms with Crippen molar-refractivity contribution in [3.8, 4) is 17.0 Å². The number of aromatic nitrogens is 3. The minimum atomic E-state index is 0.825.